The first-order valence-electron chi connectivity index (χ1n) is 4.84. The SMILES string of the molecule is O=S1(=O)N=C(C2CC2)c2cc(Br)cnc2N1. The third kappa shape index (κ3) is 1.73. The van der Waals surface area contributed by atoms with E-state index in [1.807, 2.05) is 6.07 Å². The second-order valence-corrected chi connectivity index (χ2v) is 6.13. The average molecular weight is 302 g/mol. The number of pyridine rings is 1. The molecule has 84 valence electrons. The van der Waals surface area contributed by atoms with Gasteiger partial charge in [0.25, 0.3) is 0 Å². The van der Waals surface area contributed by atoms with Crippen molar-refractivity contribution in [3.05, 3.63) is 22.3 Å². The zero-order valence-corrected chi connectivity index (χ0v) is 10.5. The van der Waals surface area contributed by atoms with E-state index in [1.165, 1.54) is 0 Å². The van der Waals surface area contributed by atoms with Crippen molar-refractivity contribution in [2.45, 2.75) is 12.8 Å². The van der Waals surface area contributed by atoms with E-state index in [9.17, 15) is 8.42 Å². The summed E-state index contributed by atoms with van der Waals surface area (Å²) in [6.07, 6.45) is 3.57. The van der Waals surface area contributed by atoms with Gasteiger partial charge in [0.1, 0.15) is 5.82 Å². The molecule has 1 fully saturated rings. The number of hydrogen-bond acceptors (Lipinski definition) is 3. The highest BCUT2D eigenvalue weighted by Crippen LogP contribution is 2.37. The summed E-state index contributed by atoms with van der Waals surface area (Å²) in [6.45, 7) is 0. The van der Waals surface area contributed by atoms with Crippen LogP contribution in [0.5, 0.6) is 0 Å². The first-order valence-corrected chi connectivity index (χ1v) is 7.07. The number of fused-ring (bicyclic) bond motifs is 1. The number of anilines is 1. The molecular weight excluding hydrogens is 294 g/mol. The van der Waals surface area contributed by atoms with Crippen LogP contribution in [0.3, 0.4) is 0 Å². The maximum atomic E-state index is 11.5. The van der Waals surface area contributed by atoms with E-state index in [1.54, 1.807) is 6.20 Å². The van der Waals surface area contributed by atoms with E-state index < -0.39 is 10.2 Å². The lowest BCUT2D eigenvalue weighted by atomic mass is 10.1. The molecule has 5 nitrogen and oxygen atoms in total. The highest BCUT2D eigenvalue weighted by Gasteiger charge is 2.35. The number of nitrogens with one attached hydrogen (secondary N) is 1. The molecule has 16 heavy (non-hydrogen) atoms. The lowest BCUT2D eigenvalue weighted by molar-refractivity contribution is 0.602. The van der Waals surface area contributed by atoms with Crippen LogP contribution in [0.15, 0.2) is 21.1 Å². The Morgan fingerprint density at radius 1 is 1.44 bits per heavy atom. The van der Waals surface area contributed by atoms with E-state index in [2.05, 4.69) is 30.0 Å². The monoisotopic (exact) mass is 301 g/mol. The summed E-state index contributed by atoms with van der Waals surface area (Å²) in [6, 6.07) is 1.85. The zero-order chi connectivity index (χ0) is 11.3. The lowest BCUT2D eigenvalue weighted by Gasteiger charge is -2.16. The van der Waals surface area contributed by atoms with Crippen molar-refractivity contribution in [2.75, 3.05) is 4.72 Å². The third-order valence-corrected chi connectivity index (χ3v) is 3.86. The molecule has 0 amide bonds. The van der Waals surface area contributed by atoms with Crippen LogP contribution in [0.1, 0.15) is 18.4 Å². The fourth-order valence-corrected chi connectivity index (χ4v) is 2.98. The van der Waals surface area contributed by atoms with Crippen molar-refractivity contribution in [1.29, 1.82) is 0 Å². The summed E-state index contributed by atoms with van der Waals surface area (Å²) < 4.78 is 29.9. The van der Waals surface area contributed by atoms with Gasteiger partial charge < -0.3 is 0 Å². The molecule has 1 aliphatic carbocycles. The molecule has 2 aliphatic rings. The van der Waals surface area contributed by atoms with Gasteiger partial charge in [-0.05, 0) is 34.8 Å². The molecule has 3 rings (SSSR count). The predicted molar refractivity (Wildman–Crippen MR) is 63.7 cm³/mol. The molecule has 0 radical (unpaired) electrons. The lowest BCUT2D eigenvalue weighted by Crippen LogP contribution is -2.23. The molecule has 1 saturated carbocycles. The Bertz CT molecular complexity index is 593. The minimum Gasteiger partial charge on any atom is -0.248 e. The van der Waals surface area contributed by atoms with Crippen LogP contribution in [-0.2, 0) is 10.2 Å². The van der Waals surface area contributed by atoms with Crippen LogP contribution in [-0.4, -0.2) is 19.1 Å². The first-order chi connectivity index (χ1) is 7.55. The fourth-order valence-electron chi connectivity index (χ4n) is 1.69. The van der Waals surface area contributed by atoms with E-state index in [0.29, 0.717) is 11.5 Å². The number of rotatable bonds is 1. The van der Waals surface area contributed by atoms with Crippen LogP contribution in [0.2, 0.25) is 0 Å². The molecule has 1 aromatic rings. The van der Waals surface area contributed by atoms with Crippen molar-refractivity contribution >= 4 is 37.7 Å². The largest absolute Gasteiger partial charge is 0.343 e. The van der Waals surface area contributed by atoms with E-state index in [4.69, 9.17) is 0 Å². The van der Waals surface area contributed by atoms with Crippen molar-refractivity contribution in [2.24, 2.45) is 10.3 Å². The van der Waals surface area contributed by atoms with Gasteiger partial charge in [-0.2, -0.15) is 8.42 Å². The Labute approximate surface area is 101 Å². The number of nitrogens with zero attached hydrogens (tertiary/aromatic N) is 2. The minimum atomic E-state index is -3.60. The van der Waals surface area contributed by atoms with Gasteiger partial charge in [0, 0.05) is 22.2 Å². The zero-order valence-electron chi connectivity index (χ0n) is 8.14. The van der Waals surface area contributed by atoms with Crippen LogP contribution in [0.25, 0.3) is 0 Å². The van der Waals surface area contributed by atoms with Gasteiger partial charge in [0.15, 0.2) is 0 Å². The third-order valence-electron chi connectivity index (χ3n) is 2.54. The molecule has 1 aliphatic heterocycles. The molecule has 0 unspecified atom stereocenters. The summed E-state index contributed by atoms with van der Waals surface area (Å²) in [5, 5.41) is 0. The molecule has 0 atom stereocenters. The second kappa shape index (κ2) is 3.27. The van der Waals surface area contributed by atoms with Crippen LogP contribution in [0, 0.1) is 5.92 Å². The molecule has 2 heterocycles. The Morgan fingerprint density at radius 2 is 2.19 bits per heavy atom. The topological polar surface area (TPSA) is 71.4 Å². The standard InChI is InChI=1S/C9H8BrN3O2S/c10-6-3-7-8(5-1-2-5)12-16(14,15)13-9(7)11-4-6/h3-5H,1-2H2,(H,11,13). The van der Waals surface area contributed by atoms with Crippen molar-refractivity contribution in [1.82, 2.24) is 4.98 Å². The summed E-state index contributed by atoms with van der Waals surface area (Å²) in [4.78, 5) is 4.06. The van der Waals surface area contributed by atoms with Gasteiger partial charge in [-0.3, -0.25) is 0 Å². The normalized spacial score (nSPS) is 21.9. The molecule has 1 N–H and O–H groups in total. The quantitative estimate of drug-likeness (QED) is 0.858. The van der Waals surface area contributed by atoms with Gasteiger partial charge >= 0.3 is 10.2 Å². The molecule has 1 aromatic heterocycles. The molecular formula is C9H8BrN3O2S. The maximum absolute atomic E-state index is 11.5. The molecule has 0 aromatic carbocycles. The second-order valence-electron chi connectivity index (χ2n) is 3.88. The summed E-state index contributed by atoms with van der Waals surface area (Å²) in [5.74, 6) is 0.645. The Morgan fingerprint density at radius 3 is 2.88 bits per heavy atom. The van der Waals surface area contributed by atoms with Crippen molar-refractivity contribution < 1.29 is 8.42 Å². The van der Waals surface area contributed by atoms with Crippen molar-refractivity contribution in [3.8, 4) is 0 Å². The van der Waals surface area contributed by atoms with Crippen LogP contribution >= 0.6 is 15.9 Å². The fraction of sp³-hybridized carbons (Fsp3) is 0.333. The highest BCUT2D eigenvalue weighted by atomic mass is 79.9. The Kier molecular flexibility index (Phi) is 2.09. The highest BCUT2D eigenvalue weighted by molar-refractivity contribution is 9.10. The molecule has 0 bridgehead atoms. The van der Waals surface area contributed by atoms with Crippen molar-refractivity contribution in [3.63, 3.8) is 0 Å². The van der Waals surface area contributed by atoms with E-state index in [0.717, 1.165) is 22.9 Å². The van der Waals surface area contributed by atoms with Gasteiger partial charge in [0.2, 0.25) is 0 Å². The Balaban J connectivity index is 2.22. The Hall–Kier alpha value is -0.950. The average Bonchev–Trinajstić information content (AvgIpc) is 3.00. The van der Waals surface area contributed by atoms with Gasteiger partial charge in [0.05, 0.1) is 5.71 Å². The number of aromatic nitrogens is 1. The predicted octanol–water partition coefficient (Wildman–Crippen LogP) is 1.71. The minimum absolute atomic E-state index is 0.270. The van der Waals surface area contributed by atoms with Crippen LogP contribution in [0.4, 0.5) is 5.82 Å². The smallest absolute Gasteiger partial charge is 0.248 e. The van der Waals surface area contributed by atoms with Crippen LogP contribution < -0.4 is 4.72 Å². The summed E-state index contributed by atoms with van der Waals surface area (Å²) >= 11 is 3.32. The maximum Gasteiger partial charge on any atom is 0.343 e. The van der Waals surface area contributed by atoms with Gasteiger partial charge in [-0.1, -0.05) is 0 Å². The van der Waals surface area contributed by atoms with E-state index in [-0.39, 0.29) is 5.92 Å². The number of halogens is 1. The van der Waals surface area contributed by atoms with Gasteiger partial charge in [-0.15, -0.1) is 4.40 Å². The molecule has 0 saturated heterocycles. The number of hydrogen-bond donors (Lipinski definition) is 1. The molecule has 0 spiro atoms. The first kappa shape index (κ1) is 10.2. The van der Waals surface area contributed by atoms with Gasteiger partial charge in [-0.25, -0.2) is 9.71 Å². The molecule has 7 heteroatoms. The summed E-state index contributed by atoms with van der Waals surface area (Å²) in [5.41, 5.74) is 1.43. The summed E-state index contributed by atoms with van der Waals surface area (Å²) in [7, 11) is -3.60. The van der Waals surface area contributed by atoms with E-state index >= 15 is 0 Å².